The predicted molar refractivity (Wildman–Crippen MR) is 127 cm³/mol. The maximum Gasteiger partial charge on any atom is 0.259 e. The molecule has 0 saturated carbocycles. The maximum atomic E-state index is 13.2. The number of sulfonamides is 1. The Hall–Kier alpha value is -3.17. The van der Waals surface area contributed by atoms with Crippen LogP contribution in [0, 0.1) is 5.92 Å². The van der Waals surface area contributed by atoms with Gasteiger partial charge in [0.1, 0.15) is 5.75 Å². The van der Waals surface area contributed by atoms with Crippen LogP contribution < -0.4 is 15.4 Å². The Morgan fingerprint density at radius 2 is 1.82 bits per heavy atom. The number of nitrogens with zero attached hydrogens (tertiary/aromatic N) is 1. The number of hydrogen-bond donors (Lipinski definition) is 2. The van der Waals surface area contributed by atoms with Crippen molar-refractivity contribution in [1.29, 1.82) is 0 Å². The molecule has 2 N–H and O–H groups in total. The van der Waals surface area contributed by atoms with Crippen molar-refractivity contribution < 1.29 is 22.7 Å². The number of para-hydroxylation sites is 1. The number of carbonyl (C=O) groups is 2. The number of piperidine rings is 1. The van der Waals surface area contributed by atoms with Gasteiger partial charge in [0.05, 0.1) is 28.8 Å². The van der Waals surface area contributed by atoms with Crippen LogP contribution in [0.3, 0.4) is 0 Å². The molecule has 0 bridgehead atoms. The highest BCUT2D eigenvalue weighted by Crippen LogP contribution is 2.28. The van der Waals surface area contributed by atoms with Crippen LogP contribution >= 0.6 is 0 Å². The van der Waals surface area contributed by atoms with Crippen molar-refractivity contribution in [2.45, 2.75) is 24.7 Å². The first kappa shape index (κ1) is 24.5. The molecule has 9 heteroatoms. The highest BCUT2D eigenvalue weighted by molar-refractivity contribution is 7.89. The van der Waals surface area contributed by atoms with E-state index in [1.807, 2.05) is 0 Å². The van der Waals surface area contributed by atoms with E-state index in [9.17, 15) is 18.0 Å². The largest absolute Gasteiger partial charge is 0.496 e. The van der Waals surface area contributed by atoms with Gasteiger partial charge in [0.25, 0.3) is 11.8 Å². The molecular formula is C24H29N3O5S. The second-order valence-corrected chi connectivity index (χ2v) is 9.89. The zero-order valence-electron chi connectivity index (χ0n) is 18.8. The Bertz CT molecular complexity index is 1140. The molecule has 0 aromatic heterocycles. The minimum Gasteiger partial charge on any atom is -0.496 e. The number of hydrogen-bond acceptors (Lipinski definition) is 5. The Kier molecular flexibility index (Phi) is 7.88. The van der Waals surface area contributed by atoms with Gasteiger partial charge in [0.15, 0.2) is 0 Å². The van der Waals surface area contributed by atoms with E-state index in [4.69, 9.17) is 4.74 Å². The minimum atomic E-state index is -3.75. The topological polar surface area (TPSA) is 105 Å². The monoisotopic (exact) mass is 471 g/mol. The molecule has 33 heavy (non-hydrogen) atoms. The molecule has 1 aliphatic rings. The highest BCUT2D eigenvalue weighted by atomic mass is 32.2. The third kappa shape index (κ3) is 5.61. The normalized spacial score (nSPS) is 15.0. The van der Waals surface area contributed by atoms with E-state index < -0.39 is 15.9 Å². The average Bonchev–Trinajstić information content (AvgIpc) is 2.82. The Labute approximate surface area is 194 Å². The van der Waals surface area contributed by atoms with Crippen LogP contribution in [0.2, 0.25) is 0 Å². The van der Waals surface area contributed by atoms with Crippen molar-refractivity contribution in [3.05, 3.63) is 66.2 Å². The number of amides is 2. The maximum absolute atomic E-state index is 13.2. The van der Waals surface area contributed by atoms with E-state index in [2.05, 4.69) is 24.1 Å². The summed E-state index contributed by atoms with van der Waals surface area (Å²) in [6.07, 6.45) is 3.15. The van der Waals surface area contributed by atoms with E-state index in [0.29, 0.717) is 24.7 Å². The summed E-state index contributed by atoms with van der Waals surface area (Å²) in [4.78, 5) is 25.6. The zero-order chi connectivity index (χ0) is 24.0. The average molecular weight is 472 g/mol. The molecule has 1 aliphatic heterocycles. The molecule has 1 fully saturated rings. The Morgan fingerprint density at radius 1 is 1.12 bits per heavy atom. The third-order valence-electron chi connectivity index (χ3n) is 5.62. The summed E-state index contributed by atoms with van der Waals surface area (Å²) in [6, 6.07) is 10.8. The highest BCUT2D eigenvalue weighted by Gasteiger charge is 2.29. The number of methoxy groups -OCH3 is 1. The first-order valence-corrected chi connectivity index (χ1v) is 12.2. The van der Waals surface area contributed by atoms with Crippen molar-refractivity contribution in [3.8, 4) is 5.75 Å². The molecule has 2 aromatic carbocycles. The van der Waals surface area contributed by atoms with Gasteiger partial charge in [-0.15, -0.1) is 6.58 Å². The Morgan fingerprint density at radius 3 is 2.48 bits per heavy atom. The Balaban J connectivity index is 1.90. The van der Waals surface area contributed by atoms with E-state index >= 15 is 0 Å². The summed E-state index contributed by atoms with van der Waals surface area (Å²) in [5, 5.41) is 5.38. The quantitative estimate of drug-likeness (QED) is 0.575. The fraction of sp³-hybridized carbons (Fsp3) is 0.333. The molecule has 0 spiro atoms. The van der Waals surface area contributed by atoms with Gasteiger partial charge in [-0.05, 0) is 49.1 Å². The summed E-state index contributed by atoms with van der Waals surface area (Å²) < 4.78 is 33.1. The number of benzene rings is 2. The number of carbonyl (C=O) groups excluding carboxylic acids is 2. The van der Waals surface area contributed by atoms with E-state index in [1.54, 1.807) is 30.3 Å². The molecule has 0 radical (unpaired) electrons. The molecule has 0 atom stereocenters. The second kappa shape index (κ2) is 10.6. The van der Waals surface area contributed by atoms with Crippen molar-refractivity contribution >= 4 is 27.5 Å². The minimum absolute atomic E-state index is 0.0278. The molecule has 0 unspecified atom stereocenters. The van der Waals surface area contributed by atoms with Crippen LogP contribution in [-0.2, 0) is 10.0 Å². The molecule has 2 aromatic rings. The standard InChI is InChI=1S/C24H29N3O5S/c1-4-13-25-23(28)19-7-5-6-8-21(19)26-24(29)20-16-18(9-10-22(20)32-3)33(30,31)27-14-11-17(2)12-15-27/h4-10,16-17H,1,11-15H2,2-3H3,(H,25,28)(H,26,29). The molecule has 8 nitrogen and oxygen atoms in total. The fourth-order valence-electron chi connectivity index (χ4n) is 3.64. The summed E-state index contributed by atoms with van der Waals surface area (Å²) in [6.45, 7) is 6.86. The first-order valence-electron chi connectivity index (χ1n) is 10.8. The molecule has 2 amide bonds. The van der Waals surface area contributed by atoms with Crippen LogP contribution in [0.15, 0.2) is 60.0 Å². The first-order chi connectivity index (χ1) is 15.8. The number of ether oxygens (including phenoxy) is 1. The summed E-state index contributed by atoms with van der Waals surface area (Å²) in [5.41, 5.74) is 0.632. The van der Waals surface area contributed by atoms with Gasteiger partial charge in [-0.2, -0.15) is 4.31 Å². The fourth-order valence-corrected chi connectivity index (χ4v) is 5.14. The number of rotatable bonds is 8. The van der Waals surface area contributed by atoms with Crippen molar-refractivity contribution in [2.24, 2.45) is 5.92 Å². The summed E-state index contributed by atoms with van der Waals surface area (Å²) in [7, 11) is -2.34. The lowest BCUT2D eigenvalue weighted by atomic mass is 10.0. The predicted octanol–water partition coefficient (Wildman–Crippen LogP) is 3.28. The van der Waals surface area contributed by atoms with Crippen molar-refractivity contribution in [1.82, 2.24) is 9.62 Å². The van der Waals surface area contributed by atoms with Gasteiger partial charge in [-0.25, -0.2) is 8.42 Å². The zero-order valence-corrected chi connectivity index (χ0v) is 19.7. The molecule has 3 rings (SSSR count). The van der Waals surface area contributed by atoms with E-state index in [1.165, 1.54) is 29.6 Å². The van der Waals surface area contributed by atoms with Gasteiger partial charge in [-0.3, -0.25) is 9.59 Å². The van der Waals surface area contributed by atoms with Gasteiger partial charge >= 0.3 is 0 Å². The van der Waals surface area contributed by atoms with Crippen LogP contribution in [0.25, 0.3) is 0 Å². The van der Waals surface area contributed by atoms with Crippen LogP contribution in [0.5, 0.6) is 5.75 Å². The second-order valence-electron chi connectivity index (χ2n) is 7.95. The van der Waals surface area contributed by atoms with Crippen molar-refractivity contribution in [3.63, 3.8) is 0 Å². The van der Waals surface area contributed by atoms with Gasteiger partial charge in [0.2, 0.25) is 10.0 Å². The van der Waals surface area contributed by atoms with Crippen molar-refractivity contribution in [2.75, 3.05) is 32.1 Å². The van der Waals surface area contributed by atoms with Crippen LogP contribution in [0.1, 0.15) is 40.5 Å². The lowest BCUT2D eigenvalue weighted by molar-refractivity contribution is 0.0959. The van der Waals surface area contributed by atoms with Crippen LogP contribution in [-0.4, -0.2) is 51.3 Å². The van der Waals surface area contributed by atoms with E-state index in [0.717, 1.165) is 12.8 Å². The molecule has 1 saturated heterocycles. The lowest BCUT2D eigenvalue weighted by Gasteiger charge is -2.29. The molecule has 1 heterocycles. The van der Waals surface area contributed by atoms with Gasteiger partial charge < -0.3 is 15.4 Å². The molecular weight excluding hydrogens is 442 g/mol. The number of anilines is 1. The summed E-state index contributed by atoms with van der Waals surface area (Å²) in [5.74, 6) is -0.238. The van der Waals surface area contributed by atoms with Crippen LogP contribution in [0.4, 0.5) is 5.69 Å². The summed E-state index contributed by atoms with van der Waals surface area (Å²) >= 11 is 0. The number of nitrogens with one attached hydrogen (secondary N) is 2. The van der Waals surface area contributed by atoms with E-state index in [-0.39, 0.29) is 34.2 Å². The lowest BCUT2D eigenvalue weighted by Crippen LogP contribution is -2.38. The van der Waals surface area contributed by atoms with Gasteiger partial charge in [0, 0.05) is 19.6 Å². The smallest absolute Gasteiger partial charge is 0.259 e. The SMILES string of the molecule is C=CCNC(=O)c1ccccc1NC(=O)c1cc(S(=O)(=O)N2CCC(C)CC2)ccc1OC. The molecule has 0 aliphatic carbocycles. The third-order valence-corrected chi connectivity index (χ3v) is 7.52. The molecule has 176 valence electrons. The van der Waals surface area contributed by atoms with Gasteiger partial charge in [-0.1, -0.05) is 25.1 Å².